The second-order valence-electron chi connectivity index (χ2n) is 7.67. The van der Waals surface area contributed by atoms with Gasteiger partial charge in [-0.3, -0.25) is 19.4 Å². The van der Waals surface area contributed by atoms with Gasteiger partial charge >= 0.3 is 0 Å². The molecule has 1 aromatic carbocycles. The molecule has 0 saturated heterocycles. The number of aromatic nitrogens is 2. The first-order chi connectivity index (χ1) is 16.0. The lowest BCUT2D eigenvalue weighted by molar-refractivity contribution is -0.120. The fourth-order valence-electron chi connectivity index (χ4n) is 3.20. The lowest BCUT2D eigenvalue weighted by Crippen LogP contribution is -2.39. The summed E-state index contributed by atoms with van der Waals surface area (Å²) in [7, 11) is 0. The van der Waals surface area contributed by atoms with Gasteiger partial charge in [0.2, 0.25) is 11.8 Å². The van der Waals surface area contributed by atoms with Crippen LogP contribution >= 0.6 is 22.9 Å². The van der Waals surface area contributed by atoms with Crippen molar-refractivity contribution in [1.82, 2.24) is 20.2 Å². The molecule has 2 N–H and O–H groups in total. The number of nitrogens with one attached hydrogen (secondary N) is 2. The fraction of sp³-hybridized carbons (Fsp3) is 0.261. The summed E-state index contributed by atoms with van der Waals surface area (Å²) in [6.07, 6.45) is 5.21. The molecule has 1 aliphatic carbocycles. The van der Waals surface area contributed by atoms with Crippen LogP contribution in [0.25, 0.3) is 0 Å². The molecule has 0 atom stereocenters. The van der Waals surface area contributed by atoms with Crippen LogP contribution in [0, 0.1) is 0 Å². The molecular formula is C23H22ClN5O3S. The van der Waals surface area contributed by atoms with Gasteiger partial charge in [-0.2, -0.15) is 0 Å². The van der Waals surface area contributed by atoms with Crippen molar-refractivity contribution < 1.29 is 14.4 Å². The Morgan fingerprint density at radius 2 is 1.79 bits per heavy atom. The monoisotopic (exact) mass is 483 g/mol. The summed E-state index contributed by atoms with van der Waals surface area (Å²) in [6, 6.07) is 10.4. The van der Waals surface area contributed by atoms with Gasteiger partial charge in [-0.15, -0.1) is 11.3 Å². The molecule has 0 aliphatic heterocycles. The first-order valence-corrected chi connectivity index (χ1v) is 11.7. The molecule has 1 aliphatic rings. The predicted octanol–water partition coefficient (Wildman–Crippen LogP) is 3.29. The number of carbonyl (C=O) groups is 3. The standard InChI is InChI=1S/C23H22ClN5O3S/c24-17-3-1-16(2-4-17)22(32)29(19-5-6-19)13-21(31)28-23-27-18(14-33-23)11-20(30)26-12-15-7-9-25-10-8-15/h1-4,7-10,14,19H,5-6,11-13H2,(H,26,30)(H,27,28,31). The van der Waals surface area contributed by atoms with Crippen molar-refractivity contribution in [2.24, 2.45) is 0 Å². The number of hydrogen-bond acceptors (Lipinski definition) is 6. The highest BCUT2D eigenvalue weighted by Gasteiger charge is 2.34. The molecule has 0 spiro atoms. The third-order valence-electron chi connectivity index (χ3n) is 5.03. The van der Waals surface area contributed by atoms with Gasteiger partial charge in [0.25, 0.3) is 5.91 Å². The average molecular weight is 484 g/mol. The van der Waals surface area contributed by atoms with Crippen LogP contribution in [-0.2, 0) is 22.6 Å². The number of thiazole rings is 1. The molecule has 1 saturated carbocycles. The van der Waals surface area contributed by atoms with E-state index in [9.17, 15) is 14.4 Å². The molecule has 2 aromatic heterocycles. The van der Waals surface area contributed by atoms with Gasteiger partial charge in [-0.05, 0) is 54.8 Å². The molecule has 2 heterocycles. The summed E-state index contributed by atoms with van der Waals surface area (Å²) in [5.74, 6) is -0.689. The van der Waals surface area contributed by atoms with E-state index in [1.54, 1.807) is 46.9 Å². The zero-order valence-electron chi connectivity index (χ0n) is 17.7. The van der Waals surface area contributed by atoms with Crippen molar-refractivity contribution in [2.45, 2.75) is 31.8 Å². The van der Waals surface area contributed by atoms with Crippen molar-refractivity contribution >= 4 is 45.8 Å². The maximum atomic E-state index is 12.9. The van der Waals surface area contributed by atoms with Crippen molar-refractivity contribution in [1.29, 1.82) is 0 Å². The summed E-state index contributed by atoms with van der Waals surface area (Å²) < 4.78 is 0. The van der Waals surface area contributed by atoms with Gasteiger partial charge in [-0.25, -0.2) is 4.98 Å². The number of hydrogen-bond donors (Lipinski definition) is 2. The van der Waals surface area contributed by atoms with Gasteiger partial charge in [0.05, 0.1) is 12.1 Å². The fourth-order valence-corrected chi connectivity index (χ4v) is 4.05. The van der Waals surface area contributed by atoms with Gasteiger partial charge in [-0.1, -0.05) is 11.6 Å². The second kappa shape index (κ2) is 10.5. The maximum absolute atomic E-state index is 12.9. The Kier molecular flexibility index (Phi) is 7.31. The van der Waals surface area contributed by atoms with Crippen molar-refractivity contribution in [3.63, 3.8) is 0 Å². The van der Waals surface area contributed by atoms with Crippen molar-refractivity contribution in [2.75, 3.05) is 11.9 Å². The SMILES string of the molecule is O=C(Cc1csc(NC(=O)CN(C(=O)c2ccc(Cl)cc2)C2CC2)n1)NCc1ccncc1. The molecule has 3 aromatic rings. The number of carbonyl (C=O) groups excluding carboxylic acids is 3. The Morgan fingerprint density at radius 1 is 1.06 bits per heavy atom. The molecule has 8 nitrogen and oxygen atoms in total. The summed E-state index contributed by atoms with van der Waals surface area (Å²) in [4.78, 5) is 47.5. The molecule has 0 radical (unpaired) electrons. The highest BCUT2D eigenvalue weighted by Crippen LogP contribution is 2.28. The van der Waals surface area contributed by atoms with Crippen LogP contribution in [0.3, 0.4) is 0 Å². The Balaban J connectivity index is 1.29. The molecule has 0 bridgehead atoms. The number of nitrogens with zero attached hydrogens (tertiary/aromatic N) is 3. The Bertz CT molecular complexity index is 1130. The lowest BCUT2D eigenvalue weighted by atomic mass is 10.2. The van der Waals surface area contributed by atoms with E-state index in [1.165, 1.54) is 11.3 Å². The third-order valence-corrected chi connectivity index (χ3v) is 6.09. The maximum Gasteiger partial charge on any atom is 0.254 e. The normalized spacial score (nSPS) is 12.8. The molecule has 10 heteroatoms. The van der Waals surface area contributed by atoms with Crippen LogP contribution in [-0.4, -0.2) is 45.2 Å². The minimum atomic E-state index is -0.327. The minimum Gasteiger partial charge on any atom is -0.352 e. The van der Waals surface area contributed by atoms with Crippen LogP contribution in [0.2, 0.25) is 5.02 Å². The predicted molar refractivity (Wildman–Crippen MR) is 126 cm³/mol. The molecule has 4 rings (SSSR count). The van der Waals surface area contributed by atoms with E-state index in [4.69, 9.17) is 11.6 Å². The Hall–Kier alpha value is -3.30. The van der Waals surface area contributed by atoms with Gasteiger partial charge in [0.15, 0.2) is 5.13 Å². The van der Waals surface area contributed by atoms with E-state index in [0.717, 1.165) is 18.4 Å². The van der Waals surface area contributed by atoms with Crippen LogP contribution < -0.4 is 10.6 Å². The van der Waals surface area contributed by atoms with E-state index < -0.39 is 0 Å². The van der Waals surface area contributed by atoms with E-state index >= 15 is 0 Å². The van der Waals surface area contributed by atoms with Gasteiger partial charge < -0.3 is 15.5 Å². The molecule has 170 valence electrons. The molecule has 1 fully saturated rings. The zero-order chi connectivity index (χ0) is 23.2. The van der Waals surface area contributed by atoms with E-state index in [1.807, 2.05) is 12.1 Å². The lowest BCUT2D eigenvalue weighted by Gasteiger charge is -2.21. The number of benzene rings is 1. The number of amides is 3. The molecule has 3 amide bonds. The number of rotatable bonds is 9. The van der Waals surface area contributed by atoms with Crippen LogP contribution in [0.15, 0.2) is 54.2 Å². The van der Waals surface area contributed by atoms with Crippen LogP contribution in [0.1, 0.15) is 34.5 Å². The van der Waals surface area contributed by atoms with E-state index in [0.29, 0.717) is 28.0 Å². The number of halogens is 1. The smallest absolute Gasteiger partial charge is 0.254 e. The molecule has 0 unspecified atom stereocenters. The first-order valence-electron chi connectivity index (χ1n) is 10.4. The zero-order valence-corrected chi connectivity index (χ0v) is 19.2. The highest BCUT2D eigenvalue weighted by molar-refractivity contribution is 7.13. The van der Waals surface area contributed by atoms with E-state index in [2.05, 4.69) is 20.6 Å². The largest absolute Gasteiger partial charge is 0.352 e. The Labute approximate surface area is 200 Å². The summed E-state index contributed by atoms with van der Waals surface area (Å²) in [5.41, 5.74) is 2.02. The average Bonchev–Trinajstić information content (AvgIpc) is 3.57. The number of anilines is 1. The minimum absolute atomic E-state index is 0.0620. The van der Waals surface area contributed by atoms with Gasteiger partial charge in [0, 0.05) is 40.9 Å². The van der Waals surface area contributed by atoms with Crippen molar-refractivity contribution in [3.8, 4) is 0 Å². The summed E-state index contributed by atoms with van der Waals surface area (Å²) in [5, 5.41) is 8.25. The van der Waals surface area contributed by atoms with Crippen molar-refractivity contribution in [3.05, 3.63) is 76.0 Å². The summed E-state index contributed by atoms with van der Waals surface area (Å²) in [6.45, 7) is 0.348. The molecular weight excluding hydrogens is 462 g/mol. The third kappa shape index (κ3) is 6.59. The Morgan fingerprint density at radius 3 is 2.48 bits per heavy atom. The van der Waals surface area contributed by atoms with Crippen LogP contribution in [0.4, 0.5) is 5.13 Å². The van der Waals surface area contributed by atoms with E-state index in [-0.39, 0.29) is 36.7 Å². The molecule has 33 heavy (non-hydrogen) atoms. The van der Waals surface area contributed by atoms with Crippen LogP contribution in [0.5, 0.6) is 0 Å². The topological polar surface area (TPSA) is 104 Å². The second-order valence-corrected chi connectivity index (χ2v) is 8.97. The highest BCUT2D eigenvalue weighted by atomic mass is 35.5. The first kappa shape index (κ1) is 22.9. The number of pyridine rings is 1. The summed E-state index contributed by atoms with van der Waals surface area (Å²) >= 11 is 7.14. The van der Waals surface area contributed by atoms with Gasteiger partial charge in [0.1, 0.15) is 6.54 Å². The quantitative estimate of drug-likeness (QED) is 0.486.